The molecule has 1 N–H and O–H groups in total. The standard InChI is InChI=1S/C21H31NO3S2Si/c1-21(2,3)28(4,5)25-17(19(23)24)13-8-6-7-11-15-26-20-22-16-12-9-10-14-18(16)27-20/h9-10,12-14H,6-8,11,15H2,1-5H3,(H,23,24)/b17-13-. The molecule has 0 saturated heterocycles. The van der Waals surface area contributed by atoms with Crippen molar-refractivity contribution in [1.82, 2.24) is 4.98 Å². The zero-order chi connectivity index (χ0) is 20.8. The van der Waals surface area contributed by atoms with E-state index in [9.17, 15) is 9.90 Å². The molecule has 0 aliphatic heterocycles. The monoisotopic (exact) mass is 437 g/mol. The molecule has 0 radical (unpaired) electrons. The SMILES string of the molecule is CC(C)(C)[Si](C)(C)O/C(=C\CCCCCSc1nc2ccccc2s1)C(=O)O. The van der Waals surface area contributed by atoms with Crippen LogP contribution in [0.3, 0.4) is 0 Å². The Morgan fingerprint density at radius 3 is 2.61 bits per heavy atom. The van der Waals surface area contributed by atoms with E-state index in [1.807, 2.05) is 18.2 Å². The maximum absolute atomic E-state index is 11.5. The average Bonchev–Trinajstić information content (AvgIpc) is 3.01. The smallest absolute Gasteiger partial charge is 0.369 e. The van der Waals surface area contributed by atoms with Crippen LogP contribution in [-0.4, -0.2) is 30.1 Å². The maximum Gasteiger partial charge on any atom is 0.369 e. The van der Waals surface area contributed by atoms with E-state index in [1.54, 1.807) is 29.2 Å². The van der Waals surface area contributed by atoms with Gasteiger partial charge in [-0.1, -0.05) is 51.1 Å². The zero-order valence-corrected chi connectivity index (χ0v) is 20.1. The van der Waals surface area contributed by atoms with Crippen LogP contribution in [0.4, 0.5) is 0 Å². The van der Waals surface area contributed by atoms with Gasteiger partial charge in [0.05, 0.1) is 10.2 Å². The number of aliphatic carboxylic acids is 1. The summed E-state index contributed by atoms with van der Waals surface area (Å²) in [5.41, 5.74) is 1.07. The van der Waals surface area contributed by atoms with Gasteiger partial charge in [0.1, 0.15) is 0 Å². The third-order valence-electron chi connectivity index (χ3n) is 5.06. The van der Waals surface area contributed by atoms with E-state index in [-0.39, 0.29) is 10.8 Å². The van der Waals surface area contributed by atoms with Crippen LogP contribution in [0.5, 0.6) is 0 Å². The Morgan fingerprint density at radius 2 is 1.96 bits per heavy atom. The van der Waals surface area contributed by atoms with Crippen molar-refractivity contribution in [1.29, 1.82) is 0 Å². The predicted octanol–water partition coefficient (Wildman–Crippen LogP) is 6.94. The highest BCUT2D eigenvalue weighted by Gasteiger charge is 2.40. The van der Waals surface area contributed by atoms with E-state index in [4.69, 9.17) is 4.43 Å². The molecular formula is C21H31NO3S2Si. The lowest BCUT2D eigenvalue weighted by Crippen LogP contribution is -2.41. The number of para-hydroxylation sites is 1. The number of thioether (sulfide) groups is 1. The predicted molar refractivity (Wildman–Crippen MR) is 123 cm³/mol. The van der Waals surface area contributed by atoms with Crippen LogP contribution >= 0.6 is 23.1 Å². The van der Waals surface area contributed by atoms with Crippen LogP contribution in [0, 0.1) is 0 Å². The number of fused-ring (bicyclic) bond motifs is 1. The van der Waals surface area contributed by atoms with Gasteiger partial charge in [-0.2, -0.15) is 0 Å². The van der Waals surface area contributed by atoms with Gasteiger partial charge in [0.15, 0.2) is 10.1 Å². The van der Waals surface area contributed by atoms with E-state index >= 15 is 0 Å². The van der Waals surface area contributed by atoms with Gasteiger partial charge in [0.2, 0.25) is 0 Å². The number of thiazole rings is 1. The lowest BCUT2D eigenvalue weighted by molar-refractivity contribution is -0.135. The van der Waals surface area contributed by atoms with Gasteiger partial charge < -0.3 is 9.53 Å². The summed E-state index contributed by atoms with van der Waals surface area (Å²) >= 11 is 3.55. The molecule has 0 fully saturated rings. The third kappa shape index (κ3) is 6.64. The molecule has 0 aliphatic rings. The van der Waals surface area contributed by atoms with Gasteiger partial charge in [-0.25, -0.2) is 9.78 Å². The first-order valence-corrected chi connectivity index (χ1v) is 14.4. The second kappa shape index (κ2) is 9.94. The van der Waals surface area contributed by atoms with Crippen LogP contribution in [0.1, 0.15) is 46.5 Å². The van der Waals surface area contributed by atoms with Gasteiger partial charge in [-0.15, -0.1) is 11.3 Å². The van der Waals surface area contributed by atoms with Crippen molar-refractivity contribution in [2.24, 2.45) is 0 Å². The largest absolute Gasteiger partial charge is 0.539 e. The molecular weight excluding hydrogens is 406 g/mol. The summed E-state index contributed by atoms with van der Waals surface area (Å²) in [5.74, 6) is 0.196. The van der Waals surface area contributed by atoms with E-state index in [1.165, 1.54) is 4.70 Å². The highest BCUT2D eigenvalue weighted by atomic mass is 32.2. The Balaban J connectivity index is 1.73. The lowest BCUT2D eigenvalue weighted by Gasteiger charge is -2.36. The number of hydrogen-bond donors (Lipinski definition) is 1. The Labute approximate surface area is 177 Å². The molecule has 4 nitrogen and oxygen atoms in total. The number of rotatable bonds is 10. The molecule has 28 heavy (non-hydrogen) atoms. The summed E-state index contributed by atoms with van der Waals surface area (Å²) in [6.07, 6.45) is 5.63. The van der Waals surface area contributed by atoms with Crippen molar-refractivity contribution < 1.29 is 14.3 Å². The fraction of sp³-hybridized carbons (Fsp3) is 0.524. The quantitative estimate of drug-likeness (QED) is 0.143. The minimum Gasteiger partial charge on any atom is -0.539 e. The summed E-state index contributed by atoms with van der Waals surface area (Å²) in [6, 6.07) is 8.22. The molecule has 1 aromatic carbocycles. The van der Waals surface area contributed by atoms with E-state index < -0.39 is 14.3 Å². The van der Waals surface area contributed by atoms with Crippen molar-refractivity contribution in [3.05, 3.63) is 36.1 Å². The molecule has 0 unspecified atom stereocenters. The van der Waals surface area contributed by atoms with Gasteiger partial charge in [0.25, 0.3) is 8.32 Å². The zero-order valence-electron chi connectivity index (χ0n) is 17.4. The van der Waals surface area contributed by atoms with Gasteiger partial charge in [-0.05, 0) is 55.6 Å². The number of carboxylic acids is 1. The van der Waals surface area contributed by atoms with Crippen LogP contribution in [-0.2, 0) is 9.22 Å². The van der Waals surface area contributed by atoms with Crippen LogP contribution in [0.15, 0.2) is 40.4 Å². The average molecular weight is 438 g/mol. The molecule has 1 heterocycles. The van der Waals surface area contributed by atoms with E-state index in [0.29, 0.717) is 0 Å². The summed E-state index contributed by atoms with van der Waals surface area (Å²) in [5, 5.41) is 9.43. The molecule has 7 heteroatoms. The van der Waals surface area contributed by atoms with Gasteiger partial charge >= 0.3 is 5.97 Å². The van der Waals surface area contributed by atoms with E-state index in [0.717, 1.165) is 41.3 Å². The normalized spacial score (nSPS) is 13.1. The molecule has 0 atom stereocenters. The van der Waals surface area contributed by atoms with Crippen molar-refractivity contribution in [2.75, 3.05) is 5.75 Å². The minimum atomic E-state index is -2.12. The van der Waals surface area contributed by atoms with Gasteiger partial charge in [-0.3, -0.25) is 0 Å². The summed E-state index contributed by atoms with van der Waals surface area (Å²) in [7, 11) is -2.12. The molecule has 154 valence electrons. The molecule has 0 saturated carbocycles. The third-order valence-corrected chi connectivity index (χ3v) is 11.7. The first-order valence-electron chi connectivity index (χ1n) is 9.71. The molecule has 0 spiro atoms. The van der Waals surface area contributed by atoms with Crippen LogP contribution < -0.4 is 0 Å². The number of hydrogen-bond acceptors (Lipinski definition) is 5. The molecule has 0 bridgehead atoms. The number of unbranched alkanes of at least 4 members (excludes halogenated alkanes) is 3. The summed E-state index contributed by atoms with van der Waals surface area (Å²) in [6.45, 7) is 10.5. The van der Waals surface area contributed by atoms with E-state index in [2.05, 4.69) is 44.9 Å². The number of aromatic nitrogens is 1. The Bertz CT molecular complexity index is 791. The lowest BCUT2D eigenvalue weighted by atomic mass is 10.2. The van der Waals surface area contributed by atoms with Crippen molar-refractivity contribution >= 4 is 47.6 Å². The summed E-state index contributed by atoms with van der Waals surface area (Å²) < 4.78 is 8.32. The van der Waals surface area contributed by atoms with Crippen molar-refractivity contribution in [3.8, 4) is 0 Å². The summed E-state index contributed by atoms with van der Waals surface area (Å²) in [4.78, 5) is 16.2. The van der Waals surface area contributed by atoms with Crippen molar-refractivity contribution in [2.45, 2.75) is 68.9 Å². The fourth-order valence-corrected chi connectivity index (χ4v) is 5.49. The van der Waals surface area contributed by atoms with Crippen molar-refractivity contribution in [3.63, 3.8) is 0 Å². The van der Waals surface area contributed by atoms with Crippen LogP contribution in [0.2, 0.25) is 18.1 Å². The number of allylic oxidation sites excluding steroid dienone is 1. The highest BCUT2D eigenvalue weighted by Crippen LogP contribution is 2.38. The second-order valence-electron chi connectivity index (χ2n) is 8.38. The van der Waals surface area contributed by atoms with Gasteiger partial charge in [0, 0.05) is 5.75 Å². The molecule has 0 amide bonds. The molecule has 1 aromatic heterocycles. The minimum absolute atomic E-state index is 0.0145. The molecule has 2 rings (SSSR count). The topological polar surface area (TPSA) is 59.4 Å². The fourth-order valence-electron chi connectivity index (χ4n) is 2.33. The number of carboxylic acid groups (broad SMARTS) is 1. The number of carbonyl (C=O) groups is 1. The number of nitrogens with zero attached hydrogens (tertiary/aromatic N) is 1. The number of benzene rings is 1. The molecule has 2 aromatic rings. The van der Waals surface area contributed by atoms with Crippen LogP contribution in [0.25, 0.3) is 10.2 Å². The first-order chi connectivity index (χ1) is 13.1. The molecule has 0 aliphatic carbocycles. The Hall–Kier alpha value is -1.31. The Kier molecular flexibility index (Phi) is 8.15. The first kappa shape index (κ1) is 23.0. The second-order valence-corrected chi connectivity index (χ2v) is 15.5. The highest BCUT2D eigenvalue weighted by molar-refractivity contribution is 8.01. The Morgan fingerprint density at radius 1 is 1.25 bits per heavy atom. The maximum atomic E-state index is 11.5.